The van der Waals surface area contributed by atoms with Crippen molar-refractivity contribution in [1.29, 1.82) is 0 Å². The zero-order valence-electron chi connectivity index (χ0n) is 7.99. The Labute approximate surface area is 78.2 Å². The molecule has 2 N–H and O–H groups in total. The van der Waals surface area contributed by atoms with Gasteiger partial charge in [-0.3, -0.25) is 0 Å². The molecular formula is C9H17NO3. The highest BCUT2D eigenvalue weighted by Gasteiger charge is 2.30. The first kappa shape index (κ1) is 10.3. The fraction of sp³-hybridized carbons (Fsp3) is 0.889. The van der Waals surface area contributed by atoms with Gasteiger partial charge in [-0.1, -0.05) is 6.92 Å². The van der Waals surface area contributed by atoms with Gasteiger partial charge in [-0.15, -0.1) is 0 Å². The number of carboxylic acid groups (broad SMARTS) is 1. The molecule has 0 radical (unpaired) electrons. The molecule has 1 aliphatic heterocycles. The summed E-state index contributed by atoms with van der Waals surface area (Å²) in [6, 6.07) is 0. The summed E-state index contributed by atoms with van der Waals surface area (Å²) in [6.07, 6.45) is 1.67. The van der Waals surface area contributed by atoms with Crippen LogP contribution in [0, 0.1) is 5.41 Å². The van der Waals surface area contributed by atoms with Gasteiger partial charge in [-0.2, -0.15) is 0 Å². The van der Waals surface area contributed by atoms with Crippen LogP contribution in [0.15, 0.2) is 0 Å². The Bertz CT molecular complexity index is 185. The number of amides is 1. The quantitative estimate of drug-likeness (QED) is 0.681. The molecule has 4 nitrogen and oxygen atoms in total. The molecule has 0 saturated carbocycles. The Kier molecular flexibility index (Phi) is 3.14. The second-order valence-electron chi connectivity index (χ2n) is 4.05. The van der Waals surface area contributed by atoms with Crippen LogP contribution < -0.4 is 0 Å². The monoisotopic (exact) mass is 187 g/mol. The summed E-state index contributed by atoms with van der Waals surface area (Å²) < 4.78 is 0. The summed E-state index contributed by atoms with van der Waals surface area (Å²) in [7, 11) is 0. The second-order valence-corrected chi connectivity index (χ2v) is 4.05. The molecule has 1 fully saturated rings. The van der Waals surface area contributed by atoms with E-state index >= 15 is 0 Å². The van der Waals surface area contributed by atoms with Gasteiger partial charge >= 0.3 is 6.09 Å². The van der Waals surface area contributed by atoms with Gasteiger partial charge in [-0.05, 0) is 24.7 Å². The van der Waals surface area contributed by atoms with Crippen LogP contribution in [-0.2, 0) is 0 Å². The zero-order valence-corrected chi connectivity index (χ0v) is 7.99. The highest BCUT2D eigenvalue weighted by molar-refractivity contribution is 5.65. The van der Waals surface area contributed by atoms with Gasteiger partial charge in [-0.25, -0.2) is 4.79 Å². The summed E-state index contributed by atoms with van der Waals surface area (Å²) in [6.45, 7) is 3.52. The Balaban J connectivity index is 2.41. The minimum atomic E-state index is -0.828. The van der Waals surface area contributed by atoms with Crippen LogP contribution in [0.4, 0.5) is 4.79 Å². The van der Waals surface area contributed by atoms with Crippen molar-refractivity contribution in [3.8, 4) is 0 Å². The van der Waals surface area contributed by atoms with Gasteiger partial charge in [0, 0.05) is 19.7 Å². The van der Waals surface area contributed by atoms with Gasteiger partial charge in [0.25, 0.3) is 0 Å². The maximum atomic E-state index is 10.6. The van der Waals surface area contributed by atoms with Crippen molar-refractivity contribution in [2.24, 2.45) is 5.41 Å². The predicted molar refractivity (Wildman–Crippen MR) is 48.6 cm³/mol. The summed E-state index contributed by atoms with van der Waals surface area (Å²) in [5.74, 6) is 0. The fourth-order valence-electron chi connectivity index (χ4n) is 1.76. The molecular weight excluding hydrogens is 170 g/mol. The second kappa shape index (κ2) is 3.96. The molecule has 0 aromatic carbocycles. The van der Waals surface area contributed by atoms with E-state index in [2.05, 4.69) is 6.92 Å². The maximum absolute atomic E-state index is 10.6. The van der Waals surface area contributed by atoms with Crippen LogP contribution in [0.1, 0.15) is 26.2 Å². The van der Waals surface area contributed by atoms with Crippen molar-refractivity contribution in [2.45, 2.75) is 26.2 Å². The topological polar surface area (TPSA) is 60.8 Å². The molecule has 0 spiro atoms. The summed E-state index contributed by atoms with van der Waals surface area (Å²) in [4.78, 5) is 12.0. The van der Waals surface area contributed by atoms with E-state index in [4.69, 9.17) is 10.2 Å². The lowest BCUT2D eigenvalue weighted by molar-refractivity contribution is 0.0819. The molecule has 1 saturated heterocycles. The third-order valence-electron chi connectivity index (χ3n) is 2.96. The van der Waals surface area contributed by atoms with Gasteiger partial charge in [0.15, 0.2) is 0 Å². The van der Waals surface area contributed by atoms with Crippen LogP contribution >= 0.6 is 0 Å². The lowest BCUT2D eigenvalue weighted by Crippen LogP contribution is -2.41. The number of hydrogen-bond donors (Lipinski definition) is 2. The maximum Gasteiger partial charge on any atom is 0.407 e. The molecule has 4 heteroatoms. The van der Waals surface area contributed by atoms with Crippen LogP contribution in [0.5, 0.6) is 0 Å². The first-order chi connectivity index (χ1) is 6.07. The Hall–Kier alpha value is -0.770. The van der Waals surface area contributed by atoms with Crippen LogP contribution in [-0.4, -0.2) is 40.9 Å². The molecule has 0 bridgehead atoms. The van der Waals surface area contributed by atoms with Crippen molar-refractivity contribution in [1.82, 2.24) is 4.90 Å². The minimum absolute atomic E-state index is 0.140. The average Bonchev–Trinajstić information content (AvgIpc) is 2.05. The van der Waals surface area contributed by atoms with E-state index in [9.17, 15) is 4.79 Å². The zero-order chi connectivity index (χ0) is 9.90. The smallest absolute Gasteiger partial charge is 0.407 e. The van der Waals surface area contributed by atoms with Gasteiger partial charge in [0.05, 0.1) is 0 Å². The SMILES string of the molecule is CC1(CCO)CCN(C(=O)O)CC1. The molecule has 0 atom stereocenters. The average molecular weight is 187 g/mol. The molecule has 1 rings (SSSR count). The first-order valence-corrected chi connectivity index (χ1v) is 4.66. The molecule has 76 valence electrons. The molecule has 13 heavy (non-hydrogen) atoms. The number of aliphatic hydroxyl groups excluding tert-OH is 1. The normalized spacial score (nSPS) is 21.5. The standard InChI is InChI=1S/C9H17NO3/c1-9(4-7-11)2-5-10(6-3-9)8(12)13/h11H,2-7H2,1H3,(H,12,13). The van der Waals surface area contributed by atoms with Crippen LogP contribution in [0.3, 0.4) is 0 Å². The Morgan fingerprint density at radius 1 is 1.46 bits per heavy atom. The van der Waals surface area contributed by atoms with Crippen LogP contribution in [0.2, 0.25) is 0 Å². The lowest BCUT2D eigenvalue weighted by atomic mass is 9.78. The predicted octanol–water partition coefficient (Wildman–Crippen LogP) is 1.15. The van der Waals surface area contributed by atoms with Gasteiger partial charge < -0.3 is 15.1 Å². The summed E-state index contributed by atoms with van der Waals surface area (Å²) >= 11 is 0. The van der Waals surface area contributed by atoms with Gasteiger partial charge in [0.1, 0.15) is 0 Å². The number of nitrogens with zero attached hydrogens (tertiary/aromatic N) is 1. The van der Waals surface area contributed by atoms with E-state index in [1.807, 2.05) is 0 Å². The largest absolute Gasteiger partial charge is 0.465 e. The van der Waals surface area contributed by atoms with E-state index in [0.717, 1.165) is 19.3 Å². The minimum Gasteiger partial charge on any atom is -0.465 e. The number of aliphatic hydroxyl groups is 1. The van der Waals surface area contributed by atoms with E-state index in [0.29, 0.717) is 13.1 Å². The van der Waals surface area contributed by atoms with E-state index in [-0.39, 0.29) is 12.0 Å². The molecule has 1 aliphatic rings. The number of carbonyl (C=O) groups is 1. The number of likely N-dealkylation sites (tertiary alicyclic amines) is 1. The third kappa shape index (κ3) is 2.59. The number of hydrogen-bond acceptors (Lipinski definition) is 2. The highest BCUT2D eigenvalue weighted by Crippen LogP contribution is 2.33. The molecule has 0 aliphatic carbocycles. The fourth-order valence-corrected chi connectivity index (χ4v) is 1.76. The van der Waals surface area contributed by atoms with Crippen molar-refractivity contribution >= 4 is 6.09 Å². The van der Waals surface area contributed by atoms with Crippen molar-refractivity contribution in [3.63, 3.8) is 0 Å². The molecule has 0 aromatic rings. The van der Waals surface area contributed by atoms with Crippen molar-refractivity contribution < 1.29 is 15.0 Å². The lowest BCUT2D eigenvalue weighted by Gasteiger charge is -2.37. The summed E-state index contributed by atoms with van der Waals surface area (Å²) in [5.41, 5.74) is 0.140. The van der Waals surface area contributed by atoms with E-state index in [1.165, 1.54) is 4.90 Å². The highest BCUT2D eigenvalue weighted by atomic mass is 16.4. The van der Waals surface area contributed by atoms with E-state index in [1.54, 1.807) is 0 Å². The molecule has 0 aromatic heterocycles. The molecule has 0 unspecified atom stereocenters. The Morgan fingerprint density at radius 2 is 2.00 bits per heavy atom. The van der Waals surface area contributed by atoms with Crippen molar-refractivity contribution in [3.05, 3.63) is 0 Å². The van der Waals surface area contributed by atoms with E-state index < -0.39 is 6.09 Å². The number of rotatable bonds is 2. The number of piperidine rings is 1. The first-order valence-electron chi connectivity index (χ1n) is 4.66. The third-order valence-corrected chi connectivity index (χ3v) is 2.96. The van der Waals surface area contributed by atoms with Crippen molar-refractivity contribution in [2.75, 3.05) is 19.7 Å². The molecule has 1 amide bonds. The van der Waals surface area contributed by atoms with Crippen LogP contribution in [0.25, 0.3) is 0 Å². The molecule has 1 heterocycles. The van der Waals surface area contributed by atoms with Gasteiger partial charge in [0.2, 0.25) is 0 Å². The summed E-state index contributed by atoms with van der Waals surface area (Å²) in [5, 5.41) is 17.5. The Morgan fingerprint density at radius 3 is 2.38 bits per heavy atom.